The molecule has 140 valence electrons. The van der Waals surface area contributed by atoms with Crippen LogP contribution in [0.15, 0.2) is 0 Å². The van der Waals surface area contributed by atoms with Crippen LogP contribution in [0.5, 0.6) is 0 Å². The van der Waals surface area contributed by atoms with Gasteiger partial charge in [0.2, 0.25) is 0 Å². The Hall–Kier alpha value is -1.10. The average Bonchev–Trinajstić information content (AvgIpc) is 2.54. The van der Waals surface area contributed by atoms with Crippen LogP contribution in [0.2, 0.25) is 0 Å². The molecule has 0 radical (unpaired) electrons. The number of rotatable bonds is 8. The van der Waals surface area contributed by atoms with Crippen molar-refractivity contribution in [3.63, 3.8) is 0 Å². The van der Waals surface area contributed by atoms with Crippen LogP contribution < -0.4 is 10.6 Å². The van der Waals surface area contributed by atoms with Gasteiger partial charge in [-0.2, -0.15) is 0 Å². The molecule has 0 saturated heterocycles. The van der Waals surface area contributed by atoms with Gasteiger partial charge in [0.05, 0.1) is 6.10 Å². The number of carbonyl (C=O) groups excluding carboxylic acids is 2. The molecular formula is C19H36N2O3. The number of ether oxygens (including phenoxy) is 1. The van der Waals surface area contributed by atoms with Gasteiger partial charge in [0, 0.05) is 19.2 Å². The summed E-state index contributed by atoms with van der Waals surface area (Å²) in [5.74, 6) is -0.320. The smallest absolute Gasteiger partial charge is 0.309 e. The SMILES string of the molecule is CCC(C)(C)C1CCC(NC(=O)C(=O)NCCCOC(C)C)CC1. The van der Waals surface area contributed by atoms with E-state index in [9.17, 15) is 9.59 Å². The van der Waals surface area contributed by atoms with Gasteiger partial charge < -0.3 is 15.4 Å². The minimum atomic E-state index is -0.532. The standard InChI is InChI=1S/C19H36N2O3/c1-6-19(4,5)15-8-10-16(11-9-15)21-18(23)17(22)20-12-7-13-24-14(2)3/h14-16H,6-13H2,1-5H3,(H,20,22)(H,21,23). The summed E-state index contributed by atoms with van der Waals surface area (Å²) in [6, 6.07) is 0.136. The van der Waals surface area contributed by atoms with Crippen LogP contribution in [-0.4, -0.2) is 37.1 Å². The average molecular weight is 341 g/mol. The van der Waals surface area contributed by atoms with Crippen LogP contribution in [0.1, 0.15) is 73.1 Å². The summed E-state index contributed by atoms with van der Waals surface area (Å²) in [5, 5.41) is 5.54. The molecule has 1 fully saturated rings. The molecule has 0 bridgehead atoms. The number of nitrogens with one attached hydrogen (secondary N) is 2. The first kappa shape index (κ1) is 20.9. The molecule has 1 aliphatic carbocycles. The van der Waals surface area contributed by atoms with Gasteiger partial charge in [0.25, 0.3) is 0 Å². The number of amides is 2. The van der Waals surface area contributed by atoms with Crippen LogP contribution >= 0.6 is 0 Å². The van der Waals surface area contributed by atoms with Crippen molar-refractivity contribution in [2.24, 2.45) is 11.3 Å². The molecule has 1 saturated carbocycles. The third kappa shape index (κ3) is 7.20. The van der Waals surface area contributed by atoms with E-state index in [1.807, 2.05) is 13.8 Å². The Labute approximate surface area is 147 Å². The van der Waals surface area contributed by atoms with Gasteiger partial charge in [-0.1, -0.05) is 27.2 Å². The fourth-order valence-electron chi connectivity index (χ4n) is 3.23. The monoisotopic (exact) mass is 340 g/mol. The van der Waals surface area contributed by atoms with Gasteiger partial charge in [-0.3, -0.25) is 9.59 Å². The van der Waals surface area contributed by atoms with E-state index in [0.717, 1.165) is 25.7 Å². The maximum atomic E-state index is 12.0. The molecular weight excluding hydrogens is 304 g/mol. The molecule has 5 nitrogen and oxygen atoms in total. The van der Waals surface area contributed by atoms with Crippen molar-refractivity contribution in [1.82, 2.24) is 10.6 Å². The predicted molar refractivity (Wildman–Crippen MR) is 96.7 cm³/mol. The molecule has 0 atom stereocenters. The first-order valence-corrected chi connectivity index (χ1v) is 9.46. The van der Waals surface area contributed by atoms with Crippen molar-refractivity contribution in [3.8, 4) is 0 Å². The van der Waals surface area contributed by atoms with Gasteiger partial charge in [-0.25, -0.2) is 0 Å². The second-order valence-corrected chi connectivity index (χ2v) is 7.89. The summed E-state index contributed by atoms with van der Waals surface area (Å²) in [5.41, 5.74) is 0.365. The molecule has 5 heteroatoms. The lowest BCUT2D eigenvalue weighted by Gasteiger charge is -2.39. The van der Waals surface area contributed by atoms with Crippen LogP contribution in [0.3, 0.4) is 0 Å². The maximum absolute atomic E-state index is 12.0. The fraction of sp³-hybridized carbons (Fsp3) is 0.895. The van der Waals surface area contributed by atoms with Gasteiger partial charge in [0.15, 0.2) is 0 Å². The van der Waals surface area contributed by atoms with Crippen molar-refractivity contribution in [1.29, 1.82) is 0 Å². The summed E-state index contributed by atoms with van der Waals surface area (Å²) in [4.78, 5) is 23.8. The van der Waals surface area contributed by atoms with E-state index in [2.05, 4.69) is 31.4 Å². The Morgan fingerprint density at radius 1 is 1.12 bits per heavy atom. The Bertz CT molecular complexity index is 399. The van der Waals surface area contributed by atoms with Crippen LogP contribution in [-0.2, 0) is 14.3 Å². The molecule has 0 heterocycles. The lowest BCUT2D eigenvalue weighted by atomic mass is 9.69. The van der Waals surface area contributed by atoms with Crippen LogP contribution in [0.25, 0.3) is 0 Å². The Balaban J connectivity index is 2.22. The first-order valence-electron chi connectivity index (χ1n) is 9.46. The topological polar surface area (TPSA) is 67.4 Å². The summed E-state index contributed by atoms with van der Waals surface area (Å²) < 4.78 is 5.40. The van der Waals surface area contributed by atoms with E-state index < -0.39 is 11.8 Å². The maximum Gasteiger partial charge on any atom is 0.309 e. The van der Waals surface area contributed by atoms with Gasteiger partial charge >= 0.3 is 11.8 Å². The third-order valence-electron chi connectivity index (χ3n) is 5.34. The van der Waals surface area contributed by atoms with Crippen molar-refractivity contribution in [2.45, 2.75) is 85.3 Å². The number of hydrogen-bond donors (Lipinski definition) is 2. The van der Waals surface area contributed by atoms with E-state index in [0.29, 0.717) is 30.9 Å². The lowest BCUT2D eigenvalue weighted by Crippen LogP contribution is -2.46. The normalized spacial score (nSPS) is 21.6. The van der Waals surface area contributed by atoms with Crippen LogP contribution in [0.4, 0.5) is 0 Å². The second-order valence-electron chi connectivity index (χ2n) is 7.89. The highest BCUT2D eigenvalue weighted by Crippen LogP contribution is 2.40. The van der Waals surface area contributed by atoms with Gasteiger partial charge in [-0.15, -0.1) is 0 Å². The zero-order chi connectivity index (χ0) is 18.2. The predicted octanol–water partition coefficient (Wildman–Crippen LogP) is 3.03. The number of hydrogen-bond acceptors (Lipinski definition) is 3. The molecule has 1 rings (SSSR count). The Morgan fingerprint density at radius 3 is 2.29 bits per heavy atom. The molecule has 0 aromatic rings. The minimum Gasteiger partial charge on any atom is -0.379 e. The summed E-state index contributed by atoms with van der Waals surface area (Å²) in [7, 11) is 0. The first-order chi connectivity index (χ1) is 11.3. The zero-order valence-corrected chi connectivity index (χ0v) is 16.1. The molecule has 0 aromatic heterocycles. The molecule has 2 amide bonds. The van der Waals surface area contributed by atoms with Crippen molar-refractivity contribution < 1.29 is 14.3 Å². The van der Waals surface area contributed by atoms with Crippen molar-refractivity contribution >= 4 is 11.8 Å². The fourth-order valence-corrected chi connectivity index (χ4v) is 3.23. The van der Waals surface area contributed by atoms with Crippen molar-refractivity contribution in [3.05, 3.63) is 0 Å². The van der Waals surface area contributed by atoms with Crippen LogP contribution in [0, 0.1) is 11.3 Å². The van der Waals surface area contributed by atoms with Gasteiger partial charge in [0.1, 0.15) is 0 Å². The largest absolute Gasteiger partial charge is 0.379 e. The zero-order valence-electron chi connectivity index (χ0n) is 16.1. The highest BCUT2D eigenvalue weighted by Gasteiger charge is 2.32. The Kier molecular flexibility index (Phi) is 8.74. The summed E-state index contributed by atoms with van der Waals surface area (Å²) in [6.45, 7) is 11.9. The Morgan fingerprint density at radius 2 is 1.75 bits per heavy atom. The van der Waals surface area contributed by atoms with Gasteiger partial charge in [-0.05, 0) is 57.3 Å². The molecule has 2 N–H and O–H groups in total. The molecule has 1 aliphatic rings. The molecule has 0 aromatic carbocycles. The quantitative estimate of drug-likeness (QED) is 0.527. The third-order valence-corrected chi connectivity index (χ3v) is 5.34. The molecule has 24 heavy (non-hydrogen) atoms. The van der Waals surface area contributed by atoms with E-state index >= 15 is 0 Å². The highest BCUT2D eigenvalue weighted by atomic mass is 16.5. The molecule has 0 spiro atoms. The second kappa shape index (κ2) is 10.0. The van der Waals surface area contributed by atoms with E-state index in [1.54, 1.807) is 0 Å². The molecule has 0 aliphatic heterocycles. The number of carbonyl (C=O) groups is 2. The minimum absolute atomic E-state index is 0.136. The van der Waals surface area contributed by atoms with E-state index in [1.165, 1.54) is 6.42 Å². The summed E-state index contributed by atoms with van der Waals surface area (Å²) >= 11 is 0. The lowest BCUT2D eigenvalue weighted by molar-refractivity contribution is -0.139. The summed E-state index contributed by atoms with van der Waals surface area (Å²) in [6.07, 6.45) is 6.27. The van der Waals surface area contributed by atoms with Crippen molar-refractivity contribution in [2.75, 3.05) is 13.2 Å². The molecule has 0 unspecified atom stereocenters. The van der Waals surface area contributed by atoms with E-state index in [4.69, 9.17) is 4.74 Å². The highest BCUT2D eigenvalue weighted by molar-refractivity contribution is 6.35. The van der Waals surface area contributed by atoms with E-state index in [-0.39, 0.29) is 12.1 Å².